The summed E-state index contributed by atoms with van der Waals surface area (Å²) in [6.45, 7) is 4.83. The number of benzene rings is 1. The lowest BCUT2D eigenvalue weighted by molar-refractivity contribution is 0.102. The molecular formula is C12H19NO2. The van der Waals surface area contributed by atoms with Crippen molar-refractivity contribution in [2.24, 2.45) is 5.73 Å². The van der Waals surface area contributed by atoms with Crippen LogP contribution in [0.3, 0.4) is 0 Å². The molecule has 0 aliphatic carbocycles. The molecular weight excluding hydrogens is 190 g/mol. The Kier molecular flexibility index (Phi) is 4.59. The van der Waals surface area contributed by atoms with Crippen LogP contribution >= 0.6 is 0 Å². The first-order valence-electron chi connectivity index (χ1n) is 5.21. The summed E-state index contributed by atoms with van der Waals surface area (Å²) in [6.07, 6.45) is 0.0981. The molecule has 1 unspecified atom stereocenters. The number of aryl methyl sites for hydroxylation is 2. The number of aliphatic hydroxyl groups is 1. The summed E-state index contributed by atoms with van der Waals surface area (Å²) >= 11 is 0. The molecule has 1 aromatic carbocycles. The van der Waals surface area contributed by atoms with Crippen LogP contribution in [0.4, 0.5) is 0 Å². The molecule has 0 heterocycles. The van der Waals surface area contributed by atoms with Gasteiger partial charge in [-0.1, -0.05) is 17.7 Å². The van der Waals surface area contributed by atoms with E-state index >= 15 is 0 Å². The average Bonchev–Trinajstić information content (AvgIpc) is 2.17. The van der Waals surface area contributed by atoms with Crippen LogP contribution in [-0.2, 0) is 0 Å². The van der Waals surface area contributed by atoms with Gasteiger partial charge in [0.1, 0.15) is 12.4 Å². The second-order valence-corrected chi connectivity index (χ2v) is 3.81. The van der Waals surface area contributed by atoms with Crippen molar-refractivity contribution in [1.29, 1.82) is 0 Å². The first kappa shape index (κ1) is 12.0. The second-order valence-electron chi connectivity index (χ2n) is 3.81. The number of ether oxygens (including phenoxy) is 1. The molecule has 3 nitrogen and oxygen atoms in total. The van der Waals surface area contributed by atoms with Gasteiger partial charge in [-0.3, -0.25) is 0 Å². The minimum Gasteiger partial charge on any atom is -0.491 e. The van der Waals surface area contributed by atoms with Crippen LogP contribution in [0.1, 0.15) is 17.5 Å². The van der Waals surface area contributed by atoms with Gasteiger partial charge in [0.2, 0.25) is 0 Å². The van der Waals surface area contributed by atoms with Gasteiger partial charge in [-0.2, -0.15) is 0 Å². The van der Waals surface area contributed by atoms with Crippen LogP contribution in [-0.4, -0.2) is 24.4 Å². The van der Waals surface area contributed by atoms with Crippen molar-refractivity contribution >= 4 is 0 Å². The molecule has 0 aliphatic rings. The Morgan fingerprint density at radius 3 is 2.73 bits per heavy atom. The third-order valence-electron chi connectivity index (χ3n) is 2.26. The van der Waals surface area contributed by atoms with E-state index in [0.29, 0.717) is 19.6 Å². The Labute approximate surface area is 90.9 Å². The summed E-state index contributed by atoms with van der Waals surface area (Å²) < 4.78 is 5.50. The Morgan fingerprint density at radius 1 is 1.40 bits per heavy atom. The fraction of sp³-hybridized carbons (Fsp3) is 0.500. The van der Waals surface area contributed by atoms with Gasteiger partial charge in [0.25, 0.3) is 0 Å². The van der Waals surface area contributed by atoms with Crippen molar-refractivity contribution in [3.05, 3.63) is 29.3 Å². The lowest BCUT2D eigenvalue weighted by Gasteiger charge is -2.13. The summed E-state index contributed by atoms with van der Waals surface area (Å²) in [5.74, 6) is 0.830. The van der Waals surface area contributed by atoms with Gasteiger partial charge in [0.05, 0.1) is 6.10 Å². The minimum atomic E-state index is -0.476. The van der Waals surface area contributed by atoms with E-state index in [4.69, 9.17) is 10.5 Å². The molecule has 15 heavy (non-hydrogen) atoms. The molecule has 0 fully saturated rings. The van der Waals surface area contributed by atoms with Crippen LogP contribution in [0.15, 0.2) is 18.2 Å². The quantitative estimate of drug-likeness (QED) is 0.770. The molecule has 0 saturated carbocycles. The van der Waals surface area contributed by atoms with E-state index in [1.807, 2.05) is 26.0 Å². The molecule has 0 aliphatic heterocycles. The van der Waals surface area contributed by atoms with Crippen molar-refractivity contribution in [3.8, 4) is 5.75 Å². The molecule has 1 atom stereocenters. The average molecular weight is 209 g/mol. The number of aliphatic hydroxyl groups excluding tert-OH is 1. The minimum absolute atomic E-state index is 0.307. The zero-order valence-corrected chi connectivity index (χ0v) is 9.36. The number of rotatable bonds is 5. The molecule has 0 aromatic heterocycles. The summed E-state index contributed by atoms with van der Waals surface area (Å²) in [7, 11) is 0. The first-order valence-corrected chi connectivity index (χ1v) is 5.21. The fourth-order valence-corrected chi connectivity index (χ4v) is 1.42. The first-order chi connectivity index (χ1) is 7.13. The van der Waals surface area contributed by atoms with Gasteiger partial charge < -0.3 is 15.6 Å². The van der Waals surface area contributed by atoms with Gasteiger partial charge in [0, 0.05) is 0 Å². The van der Waals surface area contributed by atoms with Crippen molar-refractivity contribution in [1.82, 2.24) is 0 Å². The maximum absolute atomic E-state index is 9.45. The van der Waals surface area contributed by atoms with Crippen molar-refractivity contribution in [2.45, 2.75) is 26.4 Å². The molecule has 3 N–H and O–H groups in total. The number of hydrogen-bond acceptors (Lipinski definition) is 3. The SMILES string of the molecule is Cc1ccc(OCC(O)CCN)c(C)c1. The topological polar surface area (TPSA) is 55.5 Å². The van der Waals surface area contributed by atoms with Crippen LogP contribution in [0.5, 0.6) is 5.75 Å². The van der Waals surface area contributed by atoms with E-state index in [0.717, 1.165) is 11.3 Å². The van der Waals surface area contributed by atoms with Crippen LogP contribution < -0.4 is 10.5 Å². The Morgan fingerprint density at radius 2 is 2.13 bits per heavy atom. The standard InChI is InChI=1S/C12H19NO2/c1-9-3-4-12(10(2)7-9)15-8-11(14)5-6-13/h3-4,7,11,14H,5-6,8,13H2,1-2H3. The predicted molar refractivity (Wildman–Crippen MR) is 61.1 cm³/mol. The highest BCUT2D eigenvalue weighted by molar-refractivity contribution is 5.35. The monoisotopic (exact) mass is 209 g/mol. The van der Waals surface area contributed by atoms with E-state index in [1.165, 1.54) is 5.56 Å². The predicted octanol–water partition coefficient (Wildman–Crippen LogP) is 1.39. The van der Waals surface area contributed by atoms with E-state index in [-0.39, 0.29) is 0 Å². The molecule has 0 saturated heterocycles. The highest BCUT2D eigenvalue weighted by atomic mass is 16.5. The lowest BCUT2D eigenvalue weighted by Crippen LogP contribution is -2.21. The summed E-state index contributed by atoms with van der Waals surface area (Å²) in [5.41, 5.74) is 7.64. The highest BCUT2D eigenvalue weighted by Crippen LogP contribution is 2.18. The Balaban J connectivity index is 2.50. The molecule has 3 heteroatoms. The smallest absolute Gasteiger partial charge is 0.122 e. The largest absolute Gasteiger partial charge is 0.491 e. The van der Waals surface area contributed by atoms with Gasteiger partial charge in [0.15, 0.2) is 0 Å². The van der Waals surface area contributed by atoms with Crippen molar-refractivity contribution in [3.63, 3.8) is 0 Å². The van der Waals surface area contributed by atoms with Crippen LogP contribution in [0.2, 0.25) is 0 Å². The van der Waals surface area contributed by atoms with Gasteiger partial charge in [-0.05, 0) is 38.4 Å². The Bertz CT molecular complexity index is 312. The molecule has 1 aromatic rings. The van der Waals surface area contributed by atoms with Crippen molar-refractivity contribution < 1.29 is 9.84 Å². The zero-order valence-electron chi connectivity index (χ0n) is 9.36. The van der Waals surface area contributed by atoms with Crippen molar-refractivity contribution in [2.75, 3.05) is 13.2 Å². The van der Waals surface area contributed by atoms with Gasteiger partial charge in [-0.15, -0.1) is 0 Å². The van der Waals surface area contributed by atoms with E-state index in [2.05, 4.69) is 6.07 Å². The summed E-state index contributed by atoms with van der Waals surface area (Å²) in [4.78, 5) is 0. The van der Waals surface area contributed by atoms with Gasteiger partial charge in [-0.25, -0.2) is 0 Å². The second kappa shape index (κ2) is 5.73. The third kappa shape index (κ3) is 3.90. The van der Waals surface area contributed by atoms with Crippen LogP contribution in [0, 0.1) is 13.8 Å². The molecule has 0 radical (unpaired) electrons. The molecule has 0 spiro atoms. The fourth-order valence-electron chi connectivity index (χ4n) is 1.42. The summed E-state index contributed by atoms with van der Waals surface area (Å²) in [5, 5.41) is 9.45. The maximum atomic E-state index is 9.45. The lowest BCUT2D eigenvalue weighted by atomic mass is 10.1. The maximum Gasteiger partial charge on any atom is 0.122 e. The van der Waals surface area contributed by atoms with Gasteiger partial charge >= 0.3 is 0 Å². The molecule has 0 amide bonds. The molecule has 1 rings (SSSR count). The third-order valence-corrected chi connectivity index (χ3v) is 2.26. The van der Waals surface area contributed by atoms with E-state index in [9.17, 15) is 5.11 Å². The number of hydrogen-bond donors (Lipinski definition) is 2. The Hall–Kier alpha value is -1.06. The normalized spacial score (nSPS) is 12.5. The summed E-state index contributed by atoms with van der Waals surface area (Å²) in [6, 6.07) is 5.99. The van der Waals surface area contributed by atoms with E-state index < -0.39 is 6.10 Å². The van der Waals surface area contributed by atoms with E-state index in [1.54, 1.807) is 0 Å². The molecule has 84 valence electrons. The zero-order chi connectivity index (χ0) is 11.3. The number of nitrogens with two attached hydrogens (primary N) is 1. The van der Waals surface area contributed by atoms with Crippen LogP contribution in [0.25, 0.3) is 0 Å². The molecule has 0 bridgehead atoms. The highest BCUT2D eigenvalue weighted by Gasteiger charge is 2.05.